The highest BCUT2D eigenvalue weighted by molar-refractivity contribution is 9.10. The first-order chi connectivity index (χ1) is 8.24. The minimum absolute atomic E-state index is 0.0487. The predicted molar refractivity (Wildman–Crippen MR) is 69.4 cm³/mol. The quantitative estimate of drug-likeness (QED) is 0.889. The van der Waals surface area contributed by atoms with Gasteiger partial charge in [0, 0.05) is 11.0 Å². The van der Waals surface area contributed by atoms with Crippen LogP contribution in [0, 0.1) is 11.2 Å². The van der Waals surface area contributed by atoms with Crippen molar-refractivity contribution in [1.29, 1.82) is 0 Å². The maximum Gasteiger partial charge on any atom is 0.254 e. The van der Waals surface area contributed by atoms with Crippen molar-refractivity contribution >= 4 is 27.7 Å². The van der Waals surface area contributed by atoms with Crippen LogP contribution in [0.1, 0.15) is 24.2 Å². The molecule has 0 aliphatic carbocycles. The Hall–Kier alpha value is -1.43. The molecule has 98 valence electrons. The number of nitrogens with two attached hydrogens (primary N) is 1. The van der Waals surface area contributed by atoms with Crippen LogP contribution >= 0.6 is 15.9 Å². The fraction of sp³-hybridized carbons (Fsp3) is 0.333. The lowest BCUT2D eigenvalue weighted by Crippen LogP contribution is -2.42. The van der Waals surface area contributed by atoms with Gasteiger partial charge in [-0.1, -0.05) is 15.9 Å². The van der Waals surface area contributed by atoms with Gasteiger partial charge in [-0.2, -0.15) is 0 Å². The highest BCUT2D eigenvalue weighted by atomic mass is 79.9. The van der Waals surface area contributed by atoms with Gasteiger partial charge in [-0.3, -0.25) is 9.59 Å². The largest absolute Gasteiger partial charge is 0.369 e. The summed E-state index contributed by atoms with van der Waals surface area (Å²) in [6.45, 7) is 3.26. The molecule has 0 aromatic heterocycles. The molecule has 1 aromatic rings. The van der Waals surface area contributed by atoms with Crippen LogP contribution in [-0.2, 0) is 4.79 Å². The Labute approximate surface area is 113 Å². The molecule has 1 rings (SSSR count). The van der Waals surface area contributed by atoms with Gasteiger partial charge in [0.25, 0.3) is 5.91 Å². The van der Waals surface area contributed by atoms with E-state index in [2.05, 4.69) is 21.2 Å². The lowest BCUT2D eigenvalue weighted by Gasteiger charge is -2.20. The average molecular weight is 317 g/mol. The van der Waals surface area contributed by atoms with E-state index >= 15 is 0 Å². The molecule has 0 radical (unpaired) electrons. The first kappa shape index (κ1) is 14.6. The normalized spacial score (nSPS) is 11.1. The molecule has 3 N–H and O–H groups in total. The molecule has 0 aliphatic heterocycles. The van der Waals surface area contributed by atoms with E-state index in [0.29, 0.717) is 4.47 Å². The molecule has 1 aromatic carbocycles. The molecular weight excluding hydrogens is 303 g/mol. The zero-order chi connectivity index (χ0) is 13.9. The summed E-state index contributed by atoms with van der Waals surface area (Å²) < 4.78 is 14.0. The highest BCUT2D eigenvalue weighted by Gasteiger charge is 2.26. The van der Waals surface area contributed by atoms with E-state index in [1.165, 1.54) is 18.2 Å². The van der Waals surface area contributed by atoms with Gasteiger partial charge in [-0.05, 0) is 32.0 Å². The van der Waals surface area contributed by atoms with Crippen molar-refractivity contribution in [2.75, 3.05) is 6.54 Å². The van der Waals surface area contributed by atoms with Gasteiger partial charge in [0.05, 0.1) is 11.0 Å². The number of primary amides is 1. The average Bonchev–Trinajstić information content (AvgIpc) is 2.29. The molecule has 0 saturated heterocycles. The van der Waals surface area contributed by atoms with Crippen LogP contribution in [0.5, 0.6) is 0 Å². The Morgan fingerprint density at radius 1 is 1.44 bits per heavy atom. The number of halogens is 2. The third-order valence-electron chi connectivity index (χ3n) is 2.53. The van der Waals surface area contributed by atoms with Crippen LogP contribution in [0.15, 0.2) is 22.7 Å². The Kier molecular flexibility index (Phi) is 4.45. The first-order valence-electron chi connectivity index (χ1n) is 5.27. The molecule has 0 bridgehead atoms. The Morgan fingerprint density at radius 3 is 2.61 bits per heavy atom. The lowest BCUT2D eigenvalue weighted by atomic mass is 9.92. The van der Waals surface area contributed by atoms with Gasteiger partial charge in [0.2, 0.25) is 5.91 Å². The second-order valence-corrected chi connectivity index (χ2v) is 5.47. The van der Waals surface area contributed by atoms with Crippen molar-refractivity contribution in [1.82, 2.24) is 5.32 Å². The summed E-state index contributed by atoms with van der Waals surface area (Å²) in [6.07, 6.45) is 0. The van der Waals surface area contributed by atoms with Gasteiger partial charge in [0.15, 0.2) is 0 Å². The van der Waals surface area contributed by atoms with E-state index in [1.807, 2.05) is 0 Å². The van der Waals surface area contributed by atoms with Crippen LogP contribution in [0.4, 0.5) is 4.39 Å². The molecule has 4 nitrogen and oxygen atoms in total. The zero-order valence-electron chi connectivity index (χ0n) is 10.1. The van der Waals surface area contributed by atoms with Crippen molar-refractivity contribution in [2.45, 2.75) is 13.8 Å². The van der Waals surface area contributed by atoms with Crippen LogP contribution in [-0.4, -0.2) is 18.4 Å². The molecule has 0 atom stereocenters. The van der Waals surface area contributed by atoms with E-state index in [-0.39, 0.29) is 12.1 Å². The molecule has 0 heterocycles. The number of rotatable bonds is 4. The predicted octanol–water partition coefficient (Wildman–Crippen LogP) is 1.83. The summed E-state index contributed by atoms with van der Waals surface area (Å²) in [5.74, 6) is -1.73. The first-order valence-corrected chi connectivity index (χ1v) is 6.06. The van der Waals surface area contributed by atoms with Crippen LogP contribution < -0.4 is 11.1 Å². The molecule has 0 aliphatic rings. The van der Waals surface area contributed by atoms with Crippen molar-refractivity contribution < 1.29 is 14.0 Å². The lowest BCUT2D eigenvalue weighted by molar-refractivity contribution is -0.125. The standard InChI is InChI=1S/C12H14BrFN2O2/c1-12(2,11(15)18)6-16-10(17)8-5-7(13)3-4-9(8)14/h3-5H,6H2,1-2H3,(H2,15,18)(H,16,17). The van der Waals surface area contributed by atoms with Gasteiger partial charge in [-0.25, -0.2) is 4.39 Å². The summed E-state index contributed by atoms with van der Waals surface area (Å²) in [4.78, 5) is 22.8. The second kappa shape index (κ2) is 5.48. The number of amides is 2. The summed E-state index contributed by atoms with van der Waals surface area (Å²) in [5.41, 5.74) is 4.22. The topological polar surface area (TPSA) is 72.2 Å². The van der Waals surface area contributed by atoms with Crippen molar-refractivity contribution in [2.24, 2.45) is 11.1 Å². The van der Waals surface area contributed by atoms with Crippen molar-refractivity contribution in [3.8, 4) is 0 Å². The van der Waals surface area contributed by atoms with E-state index in [4.69, 9.17) is 5.73 Å². The number of hydrogen-bond donors (Lipinski definition) is 2. The molecule has 0 fully saturated rings. The van der Waals surface area contributed by atoms with E-state index < -0.39 is 23.0 Å². The van der Waals surface area contributed by atoms with E-state index in [0.717, 1.165) is 0 Å². The molecule has 0 unspecified atom stereocenters. The van der Waals surface area contributed by atoms with E-state index in [1.54, 1.807) is 13.8 Å². The minimum Gasteiger partial charge on any atom is -0.369 e. The second-order valence-electron chi connectivity index (χ2n) is 4.55. The maximum atomic E-state index is 13.4. The van der Waals surface area contributed by atoms with Gasteiger partial charge < -0.3 is 11.1 Å². The SMILES string of the molecule is CC(C)(CNC(=O)c1cc(Br)ccc1F)C(N)=O. The van der Waals surface area contributed by atoms with Gasteiger partial charge in [-0.15, -0.1) is 0 Å². The molecule has 6 heteroatoms. The van der Waals surface area contributed by atoms with Crippen molar-refractivity contribution in [3.05, 3.63) is 34.1 Å². The van der Waals surface area contributed by atoms with E-state index in [9.17, 15) is 14.0 Å². The number of benzene rings is 1. The highest BCUT2D eigenvalue weighted by Crippen LogP contribution is 2.16. The van der Waals surface area contributed by atoms with Crippen molar-refractivity contribution in [3.63, 3.8) is 0 Å². The Morgan fingerprint density at radius 2 is 2.06 bits per heavy atom. The molecule has 2 amide bonds. The van der Waals surface area contributed by atoms with Crippen LogP contribution in [0.25, 0.3) is 0 Å². The third kappa shape index (κ3) is 3.53. The summed E-state index contributed by atoms with van der Waals surface area (Å²) in [7, 11) is 0. The molecular formula is C12H14BrFN2O2. The van der Waals surface area contributed by atoms with Crippen LogP contribution in [0.3, 0.4) is 0 Å². The van der Waals surface area contributed by atoms with Gasteiger partial charge in [0.1, 0.15) is 5.82 Å². The number of carbonyl (C=O) groups is 2. The maximum absolute atomic E-state index is 13.4. The Bertz CT molecular complexity index is 489. The molecule has 18 heavy (non-hydrogen) atoms. The molecule has 0 saturated carbocycles. The van der Waals surface area contributed by atoms with Gasteiger partial charge >= 0.3 is 0 Å². The summed E-state index contributed by atoms with van der Waals surface area (Å²) in [6, 6.07) is 4.07. The summed E-state index contributed by atoms with van der Waals surface area (Å²) in [5, 5.41) is 2.49. The number of nitrogens with one attached hydrogen (secondary N) is 1. The fourth-order valence-corrected chi connectivity index (χ4v) is 1.52. The fourth-order valence-electron chi connectivity index (χ4n) is 1.16. The molecule has 0 spiro atoms. The Balaban J connectivity index is 2.78. The van der Waals surface area contributed by atoms with Crippen LogP contribution in [0.2, 0.25) is 0 Å². The monoisotopic (exact) mass is 316 g/mol. The smallest absolute Gasteiger partial charge is 0.254 e. The minimum atomic E-state index is -0.877. The summed E-state index contributed by atoms with van der Waals surface area (Å²) >= 11 is 3.16. The zero-order valence-corrected chi connectivity index (χ0v) is 11.7. The third-order valence-corrected chi connectivity index (χ3v) is 3.02. The number of carbonyl (C=O) groups excluding carboxylic acids is 2. The number of hydrogen-bond acceptors (Lipinski definition) is 2.